The fourth-order valence-corrected chi connectivity index (χ4v) is 3.80. The Labute approximate surface area is 120 Å². The number of hydrogen-bond donors (Lipinski definition) is 2. The van der Waals surface area contributed by atoms with Gasteiger partial charge in [-0.05, 0) is 37.6 Å². The molecular formula is C12H12N2O4S2. The van der Waals surface area contributed by atoms with E-state index in [4.69, 9.17) is 5.11 Å². The van der Waals surface area contributed by atoms with Gasteiger partial charge in [0.1, 0.15) is 0 Å². The number of carbonyl (C=O) groups is 1. The Kier molecular flexibility index (Phi) is 3.78. The molecule has 1 aromatic carbocycles. The molecule has 2 aromatic rings. The van der Waals surface area contributed by atoms with Crippen LogP contribution in [-0.2, 0) is 10.0 Å². The highest BCUT2D eigenvalue weighted by Crippen LogP contribution is 2.22. The standard InChI is InChI=1S/C12H12N2O4S2/c1-7-5-9(3-4-10(7)12(15)16)14-20(17,18)11-6-13-8(2)19-11/h3-6,14H,1-2H3,(H,15,16). The third-order valence-corrected chi connectivity index (χ3v) is 5.33. The molecule has 6 nitrogen and oxygen atoms in total. The summed E-state index contributed by atoms with van der Waals surface area (Å²) in [6.45, 7) is 3.33. The summed E-state index contributed by atoms with van der Waals surface area (Å²) in [6, 6.07) is 4.27. The smallest absolute Gasteiger partial charge is 0.335 e. The van der Waals surface area contributed by atoms with Crippen molar-refractivity contribution in [1.29, 1.82) is 0 Å². The summed E-state index contributed by atoms with van der Waals surface area (Å²) >= 11 is 1.07. The Morgan fingerprint density at radius 1 is 1.35 bits per heavy atom. The van der Waals surface area contributed by atoms with Crippen molar-refractivity contribution in [2.45, 2.75) is 18.1 Å². The molecule has 1 aromatic heterocycles. The van der Waals surface area contributed by atoms with Gasteiger partial charge in [0, 0.05) is 5.69 Å². The molecule has 0 spiro atoms. The summed E-state index contributed by atoms with van der Waals surface area (Å²) in [7, 11) is -3.68. The van der Waals surface area contributed by atoms with E-state index in [-0.39, 0.29) is 9.77 Å². The van der Waals surface area contributed by atoms with Crippen molar-refractivity contribution in [3.05, 3.63) is 40.5 Å². The van der Waals surface area contributed by atoms with Crippen LogP contribution in [-0.4, -0.2) is 24.5 Å². The van der Waals surface area contributed by atoms with Crippen LogP contribution < -0.4 is 4.72 Å². The number of anilines is 1. The SMILES string of the molecule is Cc1ncc(S(=O)(=O)Nc2ccc(C(=O)O)c(C)c2)s1. The van der Waals surface area contributed by atoms with Crippen LogP contribution in [0, 0.1) is 13.8 Å². The second-order valence-corrected chi connectivity index (χ2v) is 7.28. The van der Waals surface area contributed by atoms with Gasteiger partial charge < -0.3 is 5.11 Å². The number of nitrogens with one attached hydrogen (secondary N) is 1. The summed E-state index contributed by atoms with van der Waals surface area (Å²) in [4.78, 5) is 14.8. The first-order valence-electron chi connectivity index (χ1n) is 5.59. The Hall–Kier alpha value is -1.93. The molecule has 2 rings (SSSR count). The molecule has 0 atom stereocenters. The van der Waals surface area contributed by atoms with E-state index in [1.165, 1.54) is 24.4 Å². The van der Waals surface area contributed by atoms with E-state index in [0.29, 0.717) is 16.3 Å². The fraction of sp³-hybridized carbons (Fsp3) is 0.167. The molecule has 0 aliphatic rings. The lowest BCUT2D eigenvalue weighted by Gasteiger charge is -2.08. The summed E-state index contributed by atoms with van der Waals surface area (Å²) in [5.41, 5.74) is 0.943. The molecule has 0 aliphatic carbocycles. The molecule has 1 heterocycles. The zero-order valence-corrected chi connectivity index (χ0v) is 12.4. The molecule has 20 heavy (non-hydrogen) atoms. The quantitative estimate of drug-likeness (QED) is 0.902. The topological polar surface area (TPSA) is 96.4 Å². The number of thiazole rings is 1. The molecule has 0 aliphatic heterocycles. The van der Waals surface area contributed by atoms with Crippen LogP contribution in [0.5, 0.6) is 0 Å². The first-order valence-corrected chi connectivity index (χ1v) is 7.89. The lowest BCUT2D eigenvalue weighted by Crippen LogP contribution is -2.12. The molecule has 0 saturated heterocycles. The normalized spacial score (nSPS) is 11.3. The molecule has 0 bridgehead atoms. The van der Waals surface area contributed by atoms with E-state index >= 15 is 0 Å². The number of benzene rings is 1. The summed E-state index contributed by atoms with van der Waals surface area (Å²) < 4.78 is 26.7. The first-order chi connectivity index (χ1) is 9.29. The lowest BCUT2D eigenvalue weighted by molar-refractivity contribution is 0.0696. The second kappa shape index (κ2) is 5.22. The summed E-state index contributed by atoms with van der Waals surface area (Å²) in [5, 5.41) is 9.58. The van der Waals surface area contributed by atoms with Gasteiger partial charge in [-0.1, -0.05) is 0 Å². The molecule has 0 amide bonds. The van der Waals surface area contributed by atoms with E-state index in [2.05, 4.69) is 9.71 Å². The monoisotopic (exact) mass is 312 g/mol. The number of sulfonamides is 1. The molecule has 0 radical (unpaired) electrons. The predicted molar refractivity (Wildman–Crippen MR) is 75.8 cm³/mol. The maximum absolute atomic E-state index is 12.1. The number of rotatable bonds is 4. The molecule has 106 valence electrons. The van der Waals surface area contributed by atoms with Gasteiger partial charge in [0.15, 0.2) is 4.21 Å². The van der Waals surface area contributed by atoms with Crippen LogP contribution in [0.3, 0.4) is 0 Å². The van der Waals surface area contributed by atoms with Crippen LogP contribution in [0.2, 0.25) is 0 Å². The Morgan fingerprint density at radius 2 is 2.05 bits per heavy atom. The van der Waals surface area contributed by atoms with E-state index in [1.54, 1.807) is 13.8 Å². The predicted octanol–water partition coefficient (Wildman–Crippen LogP) is 2.26. The summed E-state index contributed by atoms with van der Waals surface area (Å²) in [6.07, 6.45) is 1.29. The van der Waals surface area contributed by atoms with Gasteiger partial charge in [0.05, 0.1) is 16.8 Å². The lowest BCUT2D eigenvalue weighted by atomic mass is 10.1. The number of nitrogens with zero attached hydrogens (tertiary/aromatic N) is 1. The Morgan fingerprint density at radius 3 is 2.55 bits per heavy atom. The van der Waals surface area contributed by atoms with Crippen molar-refractivity contribution in [2.24, 2.45) is 0 Å². The maximum atomic E-state index is 12.1. The van der Waals surface area contributed by atoms with Crippen LogP contribution in [0.4, 0.5) is 5.69 Å². The van der Waals surface area contributed by atoms with Crippen molar-refractivity contribution in [3.8, 4) is 0 Å². The Bertz CT molecular complexity index is 766. The molecule has 8 heteroatoms. The zero-order valence-electron chi connectivity index (χ0n) is 10.7. The minimum atomic E-state index is -3.68. The van der Waals surface area contributed by atoms with Crippen LogP contribution in [0.15, 0.2) is 28.6 Å². The maximum Gasteiger partial charge on any atom is 0.335 e. The van der Waals surface area contributed by atoms with Gasteiger partial charge in [-0.3, -0.25) is 4.72 Å². The molecule has 2 N–H and O–H groups in total. The van der Waals surface area contributed by atoms with Crippen LogP contribution >= 0.6 is 11.3 Å². The minimum absolute atomic E-state index is 0.120. The Balaban J connectivity index is 2.30. The van der Waals surface area contributed by atoms with Gasteiger partial charge in [-0.2, -0.15) is 0 Å². The van der Waals surface area contributed by atoms with Crippen LogP contribution in [0.1, 0.15) is 20.9 Å². The van der Waals surface area contributed by atoms with Crippen molar-refractivity contribution in [2.75, 3.05) is 4.72 Å². The highest BCUT2D eigenvalue weighted by molar-refractivity contribution is 7.94. The van der Waals surface area contributed by atoms with Crippen molar-refractivity contribution >= 4 is 33.0 Å². The van der Waals surface area contributed by atoms with Gasteiger partial charge in [0.25, 0.3) is 10.0 Å². The number of aryl methyl sites for hydroxylation is 2. The number of hydrogen-bond acceptors (Lipinski definition) is 5. The number of carboxylic acid groups (broad SMARTS) is 1. The van der Waals surface area contributed by atoms with Crippen molar-refractivity contribution in [3.63, 3.8) is 0 Å². The first kappa shape index (κ1) is 14.5. The van der Waals surface area contributed by atoms with Crippen LogP contribution in [0.25, 0.3) is 0 Å². The van der Waals surface area contributed by atoms with E-state index in [9.17, 15) is 13.2 Å². The van der Waals surface area contributed by atoms with E-state index < -0.39 is 16.0 Å². The third-order valence-electron chi connectivity index (χ3n) is 2.57. The minimum Gasteiger partial charge on any atom is -0.478 e. The zero-order chi connectivity index (χ0) is 14.9. The third kappa shape index (κ3) is 2.97. The highest BCUT2D eigenvalue weighted by Gasteiger charge is 2.18. The fourth-order valence-electron chi connectivity index (χ4n) is 1.64. The van der Waals surface area contributed by atoms with Gasteiger partial charge in [0.2, 0.25) is 0 Å². The molecular weight excluding hydrogens is 300 g/mol. The average molecular weight is 312 g/mol. The molecule has 0 fully saturated rings. The number of carboxylic acids is 1. The van der Waals surface area contributed by atoms with E-state index in [0.717, 1.165) is 11.3 Å². The largest absolute Gasteiger partial charge is 0.478 e. The number of aromatic carboxylic acids is 1. The molecule has 0 unspecified atom stereocenters. The molecule has 0 saturated carbocycles. The second-order valence-electron chi connectivity index (χ2n) is 4.14. The van der Waals surface area contributed by atoms with Crippen molar-refractivity contribution < 1.29 is 18.3 Å². The van der Waals surface area contributed by atoms with Gasteiger partial charge in [-0.15, -0.1) is 11.3 Å². The average Bonchev–Trinajstić information content (AvgIpc) is 2.75. The van der Waals surface area contributed by atoms with Gasteiger partial charge in [-0.25, -0.2) is 18.2 Å². The summed E-state index contributed by atoms with van der Waals surface area (Å²) in [5.74, 6) is -1.05. The number of aromatic nitrogens is 1. The van der Waals surface area contributed by atoms with E-state index in [1.807, 2.05) is 0 Å². The van der Waals surface area contributed by atoms with Crippen molar-refractivity contribution in [1.82, 2.24) is 4.98 Å². The highest BCUT2D eigenvalue weighted by atomic mass is 32.2. The van der Waals surface area contributed by atoms with Gasteiger partial charge >= 0.3 is 5.97 Å².